The van der Waals surface area contributed by atoms with Gasteiger partial charge in [0.1, 0.15) is 0 Å². The largest absolute Gasteiger partial charge is 0.504 e. The van der Waals surface area contributed by atoms with Crippen molar-refractivity contribution in [3.63, 3.8) is 0 Å². The van der Waals surface area contributed by atoms with Crippen molar-refractivity contribution < 1.29 is 30.0 Å². The Balaban J connectivity index is 1.61. The van der Waals surface area contributed by atoms with Gasteiger partial charge in [0, 0.05) is 0 Å². The number of pyridine rings is 1. The quantitative estimate of drug-likeness (QED) is 0.339. The number of nitrogens with one attached hydrogen (secondary N) is 2. The normalized spacial score (nSPS) is 10.4. The van der Waals surface area contributed by atoms with Crippen molar-refractivity contribution in [2.75, 3.05) is 0 Å². The lowest BCUT2D eigenvalue weighted by Gasteiger charge is -2.10. The summed E-state index contributed by atoms with van der Waals surface area (Å²) in [7, 11) is 0. The number of amides is 2. The van der Waals surface area contributed by atoms with Crippen LogP contribution in [0.25, 0.3) is 0 Å². The topological polar surface area (TPSA) is 152 Å². The van der Waals surface area contributed by atoms with Crippen molar-refractivity contribution in [3.05, 3.63) is 77.1 Å². The molecule has 0 atom stereocenters. The Kier molecular flexibility index (Phi) is 6.02. The number of rotatable bonds is 6. The SMILES string of the molecule is O=C(NCc1cccc(CNC(=O)c2cccc(O)c2O)n1)c1cccc(O)c1O. The molecule has 0 saturated heterocycles. The maximum atomic E-state index is 12.2. The average Bonchev–Trinajstić information content (AvgIpc) is 2.74. The summed E-state index contributed by atoms with van der Waals surface area (Å²) in [4.78, 5) is 28.7. The molecule has 0 aliphatic heterocycles. The van der Waals surface area contributed by atoms with Crippen molar-refractivity contribution in [1.82, 2.24) is 15.6 Å². The second-order valence-corrected chi connectivity index (χ2v) is 6.33. The monoisotopic (exact) mass is 409 g/mol. The highest BCUT2D eigenvalue weighted by Gasteiger charge is 2.15. The van der Waals surface area contributed by atoms with E-state index in [0.717, 1.165) is 0 Å². The zero-order valence-corrected chi connectivity index (χ0v) is 15.7. The summed E-state index contributed by atoms with van der Waals surface area (Å²) in [5.74, 6) is -2.96. The van der Waals surface area contributed by atoms with Gasteiger partial charge in [0.25, 0.3) is 11.8 Å². The molecular weight excluding hydrogens is 390 g/mol. The van der Waals surface area contributed by atoms with E-state index in [-0.39, 0.29) is 24.2 Å². The van der Waals surface area contributed by atoms with Crippen LogP contribution in [-0.2, 0) is 13.1 Å². The summed E-state index contributed by atoms with van der Waals surface area (Å²) < 4.78 is 0. The summed E-state index contributed by atoms with van der Waals surface area (Å²) in [6.45, 7) is 0.117. The van der Waals surface area contributed by atoms with Gasteiger partial charge in [0.2, 0.25) is 0 Å². The lowest BCUT2D eigenvalue weighted by molar-refractivity contribution is 0.0940. The Morgan fingerprint density at radius 3 is 1.50 bits per heavy atom. The highest BCUT2D eigenvalue weighted by atomic mass is 16.3. The van der Waals surface area contributed by atoms with Crippen molar-refractivity contribution in [1.29, 1.82) is 0 Å². The van der Waals surface area contributed by atoms with Gasteiger partial charge in [0.15, 0.2) is 23.0 Å². The number of benzene rings is 2. The van der Waals surface area contributed by atoms with Crippen LogP contribution in [-0.4, -0.2) is 37.2 Å². The van der Waals surface area contributed by atoms with Gasteiger partial charge in [-0.05, 0) is 36.4 Å². The number of phenols is 4. The highest BCUT2D eigenvalue weighted by Crippen LogP contribution is 2.28. The first-order chi connectivity index (χ1) is 14.4. The van der Waals surface area contributed by atoms with E-state index in [9.17, 15) is 30.0 Å². The molecule has 3 rings (SSSR count). The summed E-state index contributed by atoms with van der Waals surface area (Å²) in [6.07, 6.45) is 0. The molecule has 2 amide bonds. The fourth-order valence-corrected chi connectivity index (χ4v) is 2.69. The van der Waals surface area contributed by atoms with E-state index in [1.54, 1.807) is 18.2 Å². The van der Waals surface area contributed by atoms with E-state index in [0.29, 0.717) is 11.4 Å². The van der Waals surface area contributed by atoms with Crippen molar-refractivity contribution in [2.45, 2.75) is 13.1 Å². The first kappa shape index (κ1) is 20.5. The zero-order chi connectivity index (χ0) is 21.7. The standard InChI is InChI=1S/C21H19N3O6/c25-16-8-2-6-14(18(16)27)20(29)22-10-12-4-1-5-13(24-12)11-23-21(30)15-7-3-9-17(26)19(15)28/h1-9,25-28H,10-11H2,(H,22,29)(H,23,30). The van der Waals surface area contributed by atoms with Gasteiger partial charge in [0.05, 0.1) is 35.6 Å². The van der Waals surface area contributed by atoms with Crippen LogP contribution in [0.3, 0.4) is 0 Å². The van der Waals surface area contributed by atoms with Crippen LogP contribution in [0.4, 0.5) is 0 Å². The third kappa shape index (κ3) is 4.58. The summed E-state index contributed by atoms with van der Waals surface area (Å²) in [5.41, 5.74) is 0.888. The van der Waals surface area contributed by atoms with Crippen molar-refractivity contribution in [2.24, 2.45) is 0 Å². The van der Waals surface area contributed by atoms with Gasteiger partial charge >= 0.3 is 0 Å². The molecule has 0 aliphatic carbocycles. The Hall–Kier alpha value is -4.27. The van der Waals surface area contributed by atoms with Gasteiger partial charge in [-0.2, -0.15) is 0 Å². The molecule has 1 heterocycles. The number of aromatic nitrogens is 1. The van der Waals surface area contributed by atoms with E-state index in [4.69, 9.17) is 0 Å². The Bertz CT molecular complexity index is 1020. The molecule has 0 aliphatic rings. The summed E-state index contributed by atoms with van der Waals surface area (Å²) in [6, 6.07) is 13.2. The fourth-order valence-electron chi connectivity index (χ4n) is 2.69. The maximum Gasteiger partial charge on any atom is 0.255 e. The third-order valence-electron chi connectivity index (χ3n) is 4.24. The third-order valence-corrected chi connectivity index (χ3v) is 4.24. The molecule has 154 valence electrons. The molecule has 0 bridgehead atoms. The number of phenolic OH excluding ortho intramolecular Hbond substituents is 4. The first-order valence-electron chi connectivity index (χ1n) is 8.90. The smallest absolute Gasteiger partial charge is 0.255 e. The lowest BCUT2D eigenvalue weighted by atomic mass is 10.1. The van der Waals surface area contributed by atoms with E-state index < -0.39 is 34.8 Å². The van der Waals surface area contributed by atoms with Crippen molar-refractivity contribution >= 4 is 11.8 Å². The molecule has 6 N–H and O–H groups in total. The van der Waals surface area contributed by atoms with Gasteiger partial charge in [-0.3, -0.25) is 14.6 Å². The molecule has 0 saturated carbocycles. The molecule has 2 aromatic carbocycles. The zero-order valence-electron chi connectivity index (χ0n) is 15.7. The highest BCUT2D eigenvalue weighted by molar-refractivity contribution is 5.98. The van der Waals surface area contributed by atoms with Crippen molar-refractivity contribution in [3.8, 4) is 23.0 Å². The van der Waals surface area contributed by atoms with Gasteiger partial charge in [-0.1, -0.05) is 18.2 Å². The minimum absolute atomic E-state index is 0.0586. The van der Waals surface area contributed by atoms with Crippen LogP contribution in [0.1, 0.15) is 32.1 Å². The first-order valence-corrected chi connectivity index (χ1v) is 8.90. The van der Waals surface area contributed by atoms with Gasteiger partial charge in [-0.15, -0.1) is 0 Å². The minimum Gasteiger partial charge on any atom is -0.504 e. The van der Waals surface area contributed by atoms with Crippen LogP contribution in [0.15, 0.2) is 54.6 Å². The molecule has 30 heavy (non-hydrogen) atoms. The molecule has 0 radical (unpaired) electrons. The second kappa shape index (κ2) is 8.82. The molecule has 1 aromatic heterocycles. The summed E-state index contributed by atoms with van der Waals surface area (Å²) in [5, 5.41) is 43.7. The average molecular weight is 409 g/mol. The van der Waals surface area contributed by atoms with Gasteiger partial charge < -0.3 is 31.1 Å². The van der Waals surface area contributed by atoms with E-state index in [2.05, 4.69) is 15.6 Å². The Morgan fingerprint density at radius 1 is 0.667 bits per heavy atom. The van der Waals surface area contributed by atoms with Crippen LogP contribution < -0.4 is 10.6 Å². The Labute approximate surface area is 171 Å². The molecule has 3 aromatic rings. The number of hydrogen-bond acceptors (Lipinski definition) is 7. The lowest BCUT2D eigenvalue weighted by Crippen LogP contribution is -2.25. The predicted octanol–water partition coefficient (Wildman–Crippen LogP) is 1.76. The van der Waals surface area contributed by atoms with Crippen LogP contribution in [0.2, 0.25) is 0 Å². The van der Waals surface area contributed by atoms with E-state index in [1.165, 1.54) is 36.4 Å². The second-order valence-electron chi connectivity index (χ2n) is 6.33. The number of para-hydroxylation sites is 2. The molecule has 0 fully saturated rings. The molecule has 0 spiro atoms. The predicted molar refractivity (Wildman–Crippen MR) is 106 cm³/mol. The van der Waals surface area contributed by atoms with Gasteiger partial charge in [-0.25, -0.2) is 0 Å². The fraction of sp³-hybridized carbons (Fsp3) is 0.0952. The van der Waals surface area contributed by atoms with Crippen LogP contribution in [0.5, 0.6) is 23.0 Å². The van der Waals surface area contributed by atoms with E-state index in [1.807, 2.05) is 0 Å². The molecule has 9 nitrogen and oxygen atoms in total. The molecule has 0 unspecified atom stereocenters. The number of nitrogens with zero attached hydrogens (tertiary/aromatic N) is 1. The molecular formula is C21H19N3O6. The summed E-state index contributed by atoms with van der Waals surface area (Å²) >= 11 is 0. The number of aromatic hydroxyl groups is 4. The Morgan fingerprint density at radius 2 is 1.07 bits per heavy atom. The number of carbonyl (C=O) groups is 2. The molecule has 9 heteroatoms. The number of carbonyl (C=O) groups excluding carboxylic acids is 2. The maximum absolute atomic E-state index is 12.2. The van der Waals surface area contributed by atoms with Crippen LogP contribution >= 0.6 is 0 Å². The minimum atomic E-state index is -0.580. The number of hydrogen-bond donors (Lipinski definition) is 6. The van der Waals surface area contributed by atoms with E-state index >= 15 is 0 Å². The van der Waals surface area contributed by atoms with Crippen LogP contribution in [0, 0.1) is 0 Å².